The van der Waals surface area contributed by atoms with Gasteiger partial charge in [0.1, 0.15) is 0 Å². The highest BCUT2D eigenvalue weighted by molar-refractivity contribution is 7.89. The first-order chi connectivity index (χ1) is 16.4. The minimum absolute atomic E-state index is 0.122. The lowest BCUT2D eigenvalue weighted by Gasteiger charge is -2.30. The van der Waals surface area contributed by atoms with Gasteiger partial charge in [0.25, 0.3) is 0 Å². The molecule has 0 aliphatic carbocycles. The van der Waals surface area contributed by atoms with Gasteiger partial charge >= 0.3 is 0 Å². The number of hydrogen-bond acceptors (Lipinski definition) is 5. The van der Waals surface area contributed by atoms with Crippen LogP contribution in [-0.2, 0) is 14.8 Å². The van der Waals surface area contributed by atoms with E-state index < -0.39 is 10.0 Å². The van der Waals surface area contributed by atoms with E-state index in [1.165, 1.54) is 33.2 Å². The van der Waals surface area contributed by atoms with Crippen LogP contribution in [-0.4, -0.2) is 36.7 Å². The number of carbonyl (C=O) groups is 1. The second-order valence-corrected chi connectivity index (χ2v) is 11.5. The van der Waals surface area contributed by atoms with Crippen molar-refractivity contribution in [3.05, 3.63) is 77.1 Å². The van der Waals surface area contributed by atoms with E-state index in [0.717, 1.165) is 16.6 Å². The Labute approximate surface area is 207 Å². The first-order valence-electron chi connectivity index (χ1n) is 10.9. The summed E-state index contributed by atoms with van der Waals surface area (Å²) >= 11 is 7.26. The summed E-state index contributed by atoms with van der Waals surface area (Å²) < 4.78 is 27.2. The fraction of sp³-hybridized carbons (Fsp3) is 0.200. The molecular formula is C25H22ClN3O3S2. The Balaban J connectivity index is 1.21. The lowest BCUT2D eigenvalue weighted by molar-refractivity contribution is -0.120. The van der Waals surface area contributed by atoms with E-state index >= 15 is 0 Å². The number of nitrogens with zero attached hydrogens (tertiary/aromatic N) is 2. The van der Waals surface area contributed by atoms with E-state index in [2.05, 4.69) is 34.6 Å². The number of sulfonamides is 1. The number of halogens is 1. The average Bonchev–Trinajstić information content (AvgIpc) is 3.32. The minimum Gasteiger partial charge on any atom is -0.302 e. The van der Waals surface area contributed by atoms with Gasteiger partial charge in [-0.3, -0.25) is 4.79 Å². The Morgan fingerprint density at radius 2 is 1.71 bits per heavy atom. The molecule has 3 aromatic carbocycles. The largest absolute Gasteiger partial charge is 0.302 e. The standard InChI is InChI=1S/C25H22ClN3O3S2/c26-21-7-9-22(10-8-21)34(31,32)29-13-11-18(12-14-29)24(30)28-25-27-23(16-33-25)20-6-5-17-3-1-2-4-19(17)15-20/h1-10,15-16,18H,11-14H2,(H,27,28,30). The zero-order valence-corrected chi connectivity index (χ0v) is 20.5. The molecule has 1 aliphatic rings. The van der Waals surface area contributed by atoms with Crippen molar-refractivity contribution in [3.63, 3.8) is 0 Å². The van der Waals surface area contributed by atoms with E-state index in [0.29, 0.717) is 36.1 Å². The summed E-state index contributed by atoms with van der Waals surface area (Å²) in [5.41, 5.74) is 1.81. The number of thiazole rings is 1. The molecule has 5 rings (SSSR count). The first kappa shape index (κ1) is 23.0. The fourth-order valence-electron chi connectivity index (χ4n) is 4.13. The lowest BCUT2D eigenvalue weighted by atomic mass is 9.97. The summed E-state index contributed by atoms with van der Waals surface area (Å²) in [4.78, 5) is 17.6. The van der Waals surface area contributed by atoms with Crippen molar-refractivity contribution in [1.82, 2.24) is 9.29 Å². The number of hydrogen-bond donors (Lipinski definition) is 1. The fourth-order valence-corrected chi connectivity index (χ4v) is 6.45. The van der Waals surface area contributed by atoms with Gasteiger partial charge in [-0.15, -0.1) is 11.3 Å². The van der Waals surface area contributed by atoms with Gasteiger partial charge in [0, 0.05) is 35.0 Å². The molecule has 9 heteroatoms. The Morgan fingerprint density at radius 3 is 2.44 bits per heavy atom. The van der Waals surface area contributed by atoms with Gasteiger partial charge in [-0.05, 0) is 53.9 Å². The van der Waals surface area contributed by atoms with Crippen LogP contribution in [0.25, 0.3) is 22.0 Å². The maximum absolute atomic E-state index is 12.9. The van der Waals surface area contributed by atoms with Crippen molar-refractivity contribution < 1.29 is 13.2 Å². The first-order valence-corrected chi connectivity index (χ1v) is 13.6. The van der Waals surface area contributed by atoms with Crippen molar-refractivity contribution in [2.24, 2.45) is 5.92 Å². The van der Waals surface area contributed by atoms with Gasteiger partial charge < -0.3 is 5.32 Å². The van der Waals surface area contributed by atoms with Crippen LogP contribution in [0.4, 0.5) is 5.13 Å². The van der Waals surface area contributed by atoms with Gasteiger partial charge in [-0.1, -0.05) is 48.0 Å². The third-order valence-corrected chi connectivity index (χ3v) is 8.98. The predicted octanol–water partition coefficient (Wildman–Crippen LogP) is 5.66. The molecule has 34 heavy (non-hydrogen) atoms. The van der Waals surface area contributed by atoms with E-state index in [9.17, 15) is 13.2 Å². The van der Waals surface area contributed by atoms with Gasteiger partial charge in [-0.2, -0.15) is 4.31 Å². The molecule has 0 unspecified atom stereocenters. The molecule has 4 aromatic rings. The van der Waals surface area contributed by atoms with Crippen molar-refractivity contribution >= 4 is 54.8 Å². The van der Waals surface area contributed by atoms with Gasteiger partial charge in [0.15, 0.2) is 5.13 Å². The number of amides is 1. The Kier molecular flexibility index (Phi) is 6.40. The average molecular weight is 512 g/mol. The second-order valence-electron chi connectivity index (χ2n) is 8.22. The maximum Gasteiger partial charge on any atom is 0.243 e. The predicted molar refractivity (Wildman–Crippen MR) is 137 cm³/mol. The van der Waals surface area contributed by atoms with Crippen molar-refractivity contribution in [2.45, 2.75) is 17.7 Å². The third-order valence-electron chi connectivity index (χ3n) is 6.06. The van der Waals surface area contributed by atoms with E-state index in [1.807, 2.05) is 23.6 Å². The Hall–Kier alpha value is -2.78. The van der Waals surface area contributed by atoms with Gasteiger partial charge in [0.05, 0.1) is 10.6 Å². The zero-order valence-electron chi connectivity index (χ0n) is 18.1. The van der Waals surface area contributed by atoms with Crippen molar-refractivity contribution in [3.8, 4) is 11.3 Å². The molecule has 1 aliphatic heterocycles. The molecule has 6 nitrogen and oxygen atoms in total. The monoisotopic (exact) mass is 511 g/mol. The van der Waals surface area contributed by atoms with Crippen LogP contribution in [0, 0.1) is 5.92 Å². The number of fused-ring (bicyclic) bond motifs is 1. The summed E-state index contributed by atoms with van der Waals surface area (Å²) in [5.74, 6) is -0.382. The Bertz CT molecular complexity index is 1440. The number of carbonyl (C=O) groups excluding carboxylic acids is 1. The highest BCUT2D eigenvalue weighted by atomic mass is 35.5. The lowest BCUT2D eigenvalue weighted by Crippen LogP contribution is -2.41. The number of benzene rings is 3. The zero-order chi connectivity index (χ0) is 23.7. The van der Waals surface area contributed by atoms with E-state index in [1.54, 1.807) is 12.1 Å². The summed E-state index contributed by atoms with van der Waals surface area (Å²) in [5, 5.41) is 8.18. The number of piperidine rings is 1. The van der Waals surface area contributed by atoms with E-state index in [4.69, 9.17) is 11.6 Å². The summed E-state index contributed by atoms with van der Waals surface area (Å²) in [6.45, 7) is 0.590. The number of anilines is 1. The van der Waals surface area contributed by atoms with Gasteiger partial charge in [0.2, 0.25) is 15.9 Å². The normalized spacial score (nSPS) is 15.4. The molecule has 1 amide bonds. The van der Waals surface area contributed by atoms with Gasteiger partial charge in [-0.25, -0.2) is 13.4 Å². The molecule has 2 heterocycles. The van der Waals surface area contributed by atoms with Crippen LogP contribution in [0.2, 0.25) is 5.02 Å². The highest BCUT2D eigenvalue weighted by Crippen LogP contribution is 2.29. The number of rotatable bonds is 5. The van der Waals surface area contributed by atoms with Crippen molar-refractivity contribution in [2.75, 3.05) is 18.4 Å². The summed E-state index contributed by atoms with van der Waals surface area (Å²) in [6, 6.07) is 20.5. The van der Waals surface area contributed by atoms with Crippen LogP contribution in [0.1, 0.15) is 12.8 Å². The molecule has 0 saturated carbocycles. The molecule has 0 spiro atoms. The summed E-state index contributed by atoms with van der Waals surface area (Å²) in [7, 11) is -3.60. The van der Waals surface area contributed by atoms with Crippen LogP contribution in [0.15, 0.2) is 77.0 Å². The molecule has 1 N–H and O–H groups in total. The van der Waals surface area contributed by atoms with Crippen LogP contribution >= 0.6 is 22.9 Å². The highest BCUT2D eigenvalue weighted by Gasteiger charge is 2.32. The van der Waals surface area contributed by atoms with Crippen LogP contribution < -0.4 is 5.32 Å². The Morgan fingerprint density at radius 1 is 1.00 bits per heavy atom. The topological polar surface area (TPSA) is 79.4 Å². The molecule has 1 aromatic heterocycles. The molecule has 1 fully saturated rings. The minimum atomic E-state index is -3.60. The SMILES string of the molecule is O=C(Nc1nc(-c2ccc3ccccc3c2)cs1)C1CCN(S(=O)(=O)c2ccc(Cl)cc2)CC1. The summed E-state index contributed by atoms with van der Waals surface area (Å²) in [6.07, 6.45) is 0.920. The van der Waals surface area contributed by atoms with Crippen LogP contribution in [0.5, 0.6) is 0 Å². The smallest absolute Gasteiger partial charge is 0.243 e. The molecular weight excluding hydrogens is 490 g/mol. The quantitative estimate of drug-likeness (QED) is 0.375. The molecule has 0 atom stereocenters. The second kappa shape index (κ2) is 9.46. The number of aromatic nitrogens is 1. The molecule has 174 valence electrons. The van der Waals surface area contributed by atoms with E-state index in [-0.39, 0.29) is 16.7 Å². The third kappa shape index (κ3) is 4.72. The number of nitrogens with one attached hydrogen (secondary N) is 1. The molecule has 0 bridgehead atoms. The maximum atomic E-state index is 12.9. The van der Waals surface area contributed by atoms with Crippen molar-refractivity contribution in [1.29, 1.82) is 0 Å². The van der Waals surface area contributed by atoms with Crippen LogP contribution in [0.3, 0.4) is 0 Å². The molecule has 0 radical (unpaired) electrons. The molecule has 1 saturated heterocycles.